The standard InChI is InChI=1S/C46H30N2/c1-4-12-31(13-5-1)35-19-10-20-38(28-35)47-43-21-11-18-34-22-25-39-40-29-36(32-14-6-2-7-15-32)23-26-41(40)48(46(39)45(34)43)42-27-24-37(30-44(42)47)33-16-8-3-9-17-33/h1-30H. The van der Waals surface area contributed by atoms with Crippen molar-refractivity contribution in [1.82, 2.24) is 8.97 Å². The van der Waals surface area contributed by atoms with Crippen LogP contribution in [-0.2, 0) is 0 Å². The van der Waals surface area contributed by atoms with Gasteiger partial charge in [0.25, 0.3) is 0 Å². The van der Waals surface area contributed by atoms with Crippen LogP contribution in [0, 0.1) is 0 Å². The molecule has 2 heteroatoms. The van der Waals surface area contributed by atoms with Crippen LogP contribution in [0.4, 0.5) is 0 Å². The van der Waals surface area contributed by atoms with Gasteiger partial charge in [0, 0.05) is 21.8 Å². The number of benzene rings is 8. The lowest BCUT2D eigenvalue weighted by atomic mass is 10.0. The molecule has 10 rings (SSSR count). The first-order valence-corrected chi connectivity index (χ1v) is 16.5. The molecular weight excluding hydrogens is 581 g/mol. The van der Waals surface area contributed by atoms with Crippen molar-refractivity contribution in [2.45, 2.75) is 0 Å². The number of fused-ring (bicyclic) bond motifs is 5. The second-order valence-electron chi connectivity index (χ2n) is 12.6. The molecule has 0 spiro atoms. The molecule has 0 N–H and O–H groups in total. The Balaban J connectivity index is 1.40. The largest absolute Gasteiger partial charge is 0.308 e. The zero-order valence-corrected chi connectivity index (χ0v) is 26.2. The fraction of sp³-hybridized carbons (Fsp3) is 0. The van der Waals surface area contributed by atoms with Gasteiger partial charge < -0.3 is 8.97 Å². The van der Waals surface area contributed by atoms with Gasteiger partial charge in [-0.05, 0) is 81.2 Å². The van der Waals surface area contributed by atoms with Gasteiger partial charge in [0.2, 0.25) is 0 Å². The van der Waals surface area contributed by atoms with E-state index in [9.17, 15) is 0 Å². The second-order valence-corrected chi connectivity index (χ2v) is 12.6. The number of aromatic nitrogens is 2. The molecule has 0 atom stereocenters. The zero-order valence-electron chi connectivity index (χ0n) is 26.2. The summed E-state index contributed by atoms with van der Waals surface area (Å²) in [5.74, 6) is 0. The topological polar surface area (TPSA) is 9.34 Å². The average Bonchev–Trinajstić information content (AvgIpc) is 3.43. The lowest BCUT2D eigenvalue weighted by Gasteiger charge is -2.15. The molecule has 0 radical (unpaired) electrons. The Labute approximate surface area is 278 Å². The molecule has 224 valence electrons. The van der Waals surface area contributed by atoms with E-state index >= 15 is 0 Å². The van der Waals surface area contributed by atoms with Crippen molar-refractivity contribution < 1.29 is 0 Å². The molecular formula is C46H30N2. The van der Waals surface area contributed by atoms with Crippen molar-refractivity contribution in [2.24, 2.45) is 0 Å². The van der Waals surface area contributed by atoms with Crippen LogP contribution in [0.2, 0.25) is 0 Å². The Morgan fingerprint density at radius 1 is 0.312 bits per heavy atom. The lowest BCUT2D eigenvalue weighted by Crippen LogP contribution is -1.98. The predicted molar refractivity (Wildman–Crippen MR) is 203 cm³/mol. The summed E-state index contributed by atoms with van der Waals surface area (Å²) in [5, 5.41) is 5.02. The number of hydrogen-bond acceptors (Lipinski definition) is 0. The third-order valence-corrected chi connectivity index (χ3v) is 9.87. The van der Waals surface area contributed by atoms with Crippen molar-refractivity contribution in [2.75, 3.05) is 0 Å². The third kappa shape index (κ3) is 4.06. The Hall–Kier alpha value is -6.38. The molecule has 0 bridgehead atoms. The Kier molecular flexibility index (Phi) is 5.91. The first-order valence-electron chi connectivity index (χ1n) is 16.5. The highest BCUT2D eigenvalue weighted by atomic mass is 15.0. The molecule has 0 aliphatic carbocycles. The predicted octanol–water partition coefficient (Wildman–Crippen LogP) is 12.3. The van der Waals surface area contributed by atoms with Gasteiger partial charge in [0.1, 0.15) is 0 Å². The Bertz CT molecular complexity index is 2810. The molecule has 10 aromatic rings. The molecule has 0 aliphatic heterocycles. The minimum atomic E-state index is 1.13. The van der Waals surface area contributed by atoms with E-state index in [1.165, 1.54) is 71.5 Å². The van der Waals surface area contributed by atoms with E-state index in [1.807, 2.05) is 0 Å². The van der Waals surface area contributed by atoms with Crippen molar-refractivity contribution >= 4 is 49.1 Å². The maximum atomic E-state index is 2.51. The van der Waals surface area contributed by atoms with Gasteiger partial charge in [0.15, 0.2) is 0 Å². The first-order chi connectivity index (χ1) is 23.8. The fourth-order valence-corrected chi connectivity index (χ4v) is 7.67. The van der Waals surface area contributed by atoms with Gasteiger partial charge in [-0.3, -0.25) is 0 Å². The minimum absolute atomic E-state index is 1.13. The second kappa shape index (κ2) is 10.6. The lowest BCUT2D eigenvalue weighted by molar-refractivity contribution is 1.17. The minimum Gasteiger partial charge on any atom is -0.308 e. The highest BCUT2D eigenvalue weighted by molar-refractivity contribution is 6.24. The van der Waals surface area contributed by atoms with E-state index in [2.05, 4.69) is 191 Å². The summed E-state index contributed by atoms with van der Waals surface area (Å²) in [7, 11) is 0. The zero-order chi connectivity index (χ0) is 31.6. The van der Waals surface area contributed by atoms with Crippen LogP contribution in [-0.4, -0.2) is 8.97 Å². The van der Waals surface area contributed by atoms with E-state index in [0.717, 1.165) is 16.7 Å². The van der Waals surface area contributed by atoms with Crippen LogP contribution in [0.15, 0.2) is 182 Å². The van der Waals surface area contributed by atoms with Crippen LogP contribution >= 0.6 is 0 Å². The Morgan fingerprint density at radius 2 is 0.896 bits per heavy atom. The average molecular weight is 611 g/mol. The van der Waals surface area contributed by atoms with Crippen LogP contribution in [0.25, 0.3) is 88.2 Å². The van der Waals surface area contributed by atoms with Crippen molar-refractivity contribution in [3.05, 3.63) is 182 Å². The van der Waals surface area contributed by atoms with Crippen molar-refractivity contribution in [3.63, 3.8) is 0 Å². The molecule has 2 heterocycles. The highest BCUT2D eigenvalue weighted by Crippen LogP contribution is 2.41. The molecule has 2 nitrogen and oxygen atoms in total. The maximum Gasteiger partial charge on any atom is 0.0708 e. The van der Waals surface area contributed by atoms with E-state index < -0.39 is 0 Å². The van der Waals surface area contributed by atoms with Crippen LogP contribution in [0.1, 0.15) is 0 Å². The van der Waals surface area contributed by atoms with Crippen LogP contribution in [0.5, 0.6) is 0 Å². The molecule has 0 unspecified atom stereocenters. The summed E-state index contributed by atoms with van der Waals surface area (Å²) in [6.45, 7) is 0. The summed E-state index contributed by atoms with van der Waals surface area (Å²) < 4.78 is 4.99. The summed E-state index contributed by atoms with van der Waals surface area (Å²) in [5.41, 5.74) is 14.3. The summed E-state index contributed by atoms with van der Waals surface area (Å²) in [4.78, 5) is 0. The van der Waals surface area contributed by atoms with Crippen molar-refractivity contribution in [3.8, 4) is 39.1 Å². The maximum absolute atomic E-state index is 2.51. The number of nitrogens with zero attached hydrogens (tertiary/aromatic N) is 2. The number of hydrogen-bond donors (Lipinski definition) is 0. The molecule has 2 aromatic heterocycles. The Morgan fingerprint density at radius 3 is 1.58 bits per heavy atom. The van der Waals surface area contributed by atoms with Crippen LogP contribution < -0.4 is 0 Å². The van der Waals surface area contributed by atoms with Gasteiger partial charge in [-0.2, -0.15) is 0 Å². The van der Waals surface area contributed by atoms with Gasteiger partial charge in [-0.15, -0.1) is 0 Å². The van der Waals surface area contributed by atoms with Crippen LogP contribution in [0.3, 0.4) is 0 Å². The summed E-state index contributed by atoms with van der Waals surface area (Å²) >= 11 is 0. The molecule has 0 fully saturated rings. The molecule has 48 heavy (non-hydrogen) atoms. The fourth-order valence-electron chi connectivity index (χ4n) is 7.67. The molecule has 0 saturated carbocycles. The summed E-state index contributed by atoms with van der Waals surface area (Å²) in [6.07, 6.45) is 0. The smallest absolute Gasteiger partial charge is 0.0708 e. The molecule has 8 aromatic carbocycles. The van der Waals surface area contributed by atoms with E-state index in [0.29, 0.717) is 0 Å². The number of rotatable bonds is 4. The summed E-state index contributed by atoms with van der Waals surface area (Å²) in [6, 6.07) is 66.3. The van der Waals surface area contributed by atoms with E-state index in [4.69, 9.17) is 0 Å². The van der Waals surface area contributed by atoms with Gasteiger partial charge in [0.05, 0.1) is 27.6 Å². The normalized spacial score (nSPS) is 11.8. The van der Waals surface area contributed by atoms with E-state index in [-0.39, 0.29) is 0 Å². The monoisotopic (exact) mass is 610 g/mol. The van der Waals surface area contributed by atoms with Gasteiger partial charge in [-0.1, -0.05) is 140 Å². The van der Waals surface area contributed by atoms with Gasteiger partial charge in [-0.25, -0.2) is 0 Å². The highest BCUT2D eigenvalue weighted by Gasteiger charge is 2.20. The first kappa shape index (κ1) is 26.8. The quantitative estimate of drug-likeness (QED) is 0.188. The van der Waals surface area contributed by atoms with E-state index in [1.54, 1.807) is 0 Å². The third-order valence-electron chi connectivity index (χ3n) is 9.87. The molecule has 0 saturated heterocycles. The molecule has 0 aliphatic rings. The molecule has 0 amide bonds. The van der Waals surface area contributed by atoms with Gasteiger partial charge >= 0.3 is 0 Å². The SMILES string of the molecule is c1ccc(-c2cccc(-n3c4cccc5ccc6c7cc(-c8ccccc8)ccc7n(c7ccc(-c8ccccc8)cc73)c6c54)c2)cc1. The van der Waals surface area contributed by atoms with Crippen molar-refractivity contribution in [1.29, 1.82) is 0 Å².